The Balaban J connectivity index is 1.81. The van der Waals surface area contributed by atoms with Crippen LogP contribution in [0.15, 0.2) is 41.4 Å². The van der Waals surface area contributed by atoms with Crippen LogP contribution >= 0.6 is 0 Å². The first-order chi connectivity index (χ1) is 11.9. The Morgan fingerprint density at radius 3 is 2.36 bits per heavy atom. The fourth-order valence-electron chi connectivity index (χ4n) is 2.80. The van der Waals surface area contributed by atoms with Crippen molar-refractivity contribution >= 4 is 27.0 Å². The average molecular weight is 363 g/mol. The van der Waals surface area contributed by atoms with Gasteiger partial charge in [0.25, 0.3) is 5.69 Å². The van der Waals surface area contributed by atoms with Crippen LogP contribution in [0.4, 0.5) is 17.2 Å². The normalized spacial score (nSPS) is 15.2. The molecule has 0 saturated carbocycles. The Kier molecular flexibility index (Phi) is 4.53. The summed E-state index contributed by atoms with van der Waals surface area (Å²) >= 11 is 0. The lowest BCUT2D eigenvalue weighted by atomic mass is 10.2. The second-order valence-electron chi connectivity index (χ2n) is 5.74. The number of aromatic nitrogens is 2. The van der Waals surface area contributed by atoms with E-state index in [1.807, 2.05) is 17.0 Å². The topological polar surface area (TPSA) is 110 Å². The van der Waals surface area contributed by atoms with E-state index >= 15 is 0 Å². The summed E-state index contributed by atoms with van der Waals surface area (Å²) in [4.78, 5) is 14.2. The molecule has 2 heterocycles. The van der Waals surface area contributed by atoms with Crippen molar-refractivity contribution in [2.24, 2.45) is 0 Å². The molecule has 0 atom stereocenters. The van der Waals surface area contributed by atoms with Gasteiger partial charge < -0.3 is 9.80 Å². The smallest absolute Gasteiger partial charge is 0.288 e. The zero-order chi connectivity index (χ0) is 18.0. The molecule has 132 valence electrons. The van der Waals surface area contributed by atoms with Crippen LogP contribution in [0.5, 0.6) is 0 Å². The van der Waals surface area contributed by atoms with E-state index in [0.717, 1.165) is 12.1 Å². The van der Waals surface area contributed by atoms with Crippen LogP contribution in [0.2, 0.25) is 0 Å². The fraction of sp³-hybridized carbons (Fsp3) is 0.333. The summed E-state index contributed by atoms with van der Waals surface area (Å²) in [5.41, 5.74) is 0.259. The number of benzene rings is 1. The maximum Gasteiger partial charge on any atom is 0.288 e. The van der Waals surface area contributed by atoms with Crippen molar-refractivity contribution in [2.45, 2.75) is 4.90 Å². The number of sulfone groups is 1. The highest BCUT2D eigenvalue weighted by Crippen LogP contribution is 2.29. The van der Waals surface area contributed by atoms with Gasteiger partial charge in [0.05, 0.1) is 4.92 Å². The molecule has 0 unspecified atom stereocenters. The molecule has 0 spiro atoms. The zero-order valence-electron chi connectivity index (χ0n) is 13.6. The third-order valence-electron chi connectivity index (χ3n) is 4.07. The Hall–Kier alpha value is -2.75. The number of hydrogen-bond donors (Lipinski definition) is 0. The Bertz CT molecular complexity index is 880. The maximum atomic E-state index is 11.9. The van der Waals surface area contributed by atoms with Gasteiger partial charge in [0.1, 0.15) is 4.90 Å². The van der Waals surface area contributed by atoms with Crippen molar-refractivity contribution in [3.8, 4) is 0 Å². The third-order valence-corrected chi connectivity index (χ3v) is 5.19. The van der Waals surface area contributed by atoms with Crippen molar-refractivity contribution in [1.82, 2.24) is 10.2 Å². The van der Waals surface area contributed by atoms with Gasteiger partial charge in [-0.1, -0.05) is 0 Å². The summed E-state index contributed by atoms with van der Waals surface area (Å²) < 4.78 is 23.8. The van der Waals surface area contributed by atoms with Crippen molar-refractivity contribution in [1.29, 1.82) is 0 Å². The minimum Gasteiger partial charge on any atom is -0.368 e. The lowest BCUT2D eigenvalue weighted by molar-refractivity contribution is -0.387. The first-order valence-corrected chi connectivity index (χ1v) is 9.51. The standard InChI is InChI=1S/C15H17N5O4S/c1-25(23,24)14-11-12(4-5-13(14)20(21)22)18-7-9-19(10-8-18)15-3-2-6-16-17-15/h2-6,11H,7-10H2,1H3. The first kappa shape index (κ1) is 17.1. The lowest BCUT2D eigenvalue weighted by Crippen LogP contribution is -2.46. The molecule has 2 aromatic rings. The fourth-order valence-corrected chi connectivity index (χ4v) is 3.66. The van der Waals surface area contributed by atoms with Gasteiger partial charge in [0.15, 0.2) is 15.7 Å². The molecule has 0 bridgehead atoms. The number of piperazine rings is 1. The molecular weight excluding hydrogens is 346 g/mol. The number of nitro benzene ring substituents is 1. The van der Waals surface area contributed by atoms with Crippen LogP contribution in [0, 0.1) is 10.1 Å². The molecule has 3 rings (SSSR count). The van der Waals surface area contributed by atoms with Crippen molar-refractivity contribution < 1.29 is 13.3 Å². The van der Waals surface area contributed by atoms with Crippen molar-refractivity contribution in [3.05, 3.63) is 46.6 Å². The van der Waals surface area contributed by atoms with E-state index in [1.165, 1.54) is 12.1 Å². The molecule has 0 aliphatic carbocycles. The molecule has 1 aliphatic rings. The number of anilines is 2. The zero-order valence-corrected chi connectivity index (χ0v) is 14.4. The summed E-state index contributed by atoms with van der Waals surface area (Å²) in [6.45, 7) is 2.70. The maximum absolute atomic E-state index is 11.9. The SMILES string of the molecule is CS(=O)(=O)c1cc(N2CCN(c3cccnn3)CC2)ccc1[N+](=O)[O-]. The van der Waals surface area contributed by atoms with Crippen LogP contribution < -0.4 is 9.80 Å². The number of nitrogens with zero attached hydrogens (tertiary/aromatic N) is 5. The predicted octanol–water partition coefficient (Wildman–Crippen LogP) is 1.11. The van der Waals surface area contributed by atoms with Crippen LogP contribution in [0.1, 0.15) is 0 Å². The van der Waals surface area contributed by atoms with Crippen LogP contribution in [0.25, 0.3) is 0 Å². The highest BCUT2D eigenvalue weighted by Gasteiger charge is 2.25. The van der Waals surface area contributed by atoms with Gasteiger partial charge in [0, 0.05) is 50.4 Å². The second-order valence-corrected chi connectivity index (χ2v) is 7.72. The summed E-state index contributed by atoms with van der Waals surface area (Å²) in [5.74, 6) is 0.794. The minimum absolute atomic E-state index is 0.258. The molecule has 0 amide bonds. The summed E-state index contributed by atoms with van der Waals surface area (Å²) in [5, 5.41) is 19.0. The second kappa shape index (κ2) is 6.63. The average Bonchev–Trinajstić information content (AvgIpc) is 2.61. The van der Waals surface area contributed by atoms with E-state index in [2.05, 4.69) is 15.1 Å². The molecule has 1 aromatic heterocycles. The van der Waals surface area contributed by atoms with Crippen molar-refractivity contribution in [3.63, 3.8) is 0 Å². The Labute approximate surface area is 145 Å². The van der Waals surface area contributed by atoms with Crippen LogP contribution in [0.3, 0.4) is 0 Å². The van der Waals surface area contributed by atoms with Gasteiger partial charge in [-0.05, 0) is 24.3 Å². The molecular formula is C15H17N5O4S. The molecule has 1 aliphatic heterocycles. The number of hydrogen-bond acceptors (Lipinski definition) is 8. The summed E-state index contributed by atoms with van der Waals surface area (Å²) in [7, 11) is -3.69. The number of nitro groups is 1. The quantitative estimate of drug-likeness (QED) is 0.587. The van der Waals surface area contributed by atoms with Gasteiger partial charge in [-0.15, -0.1) is 5.10 Å². The number of rotatable bonds is 4. The molecule has 1 saturated heterocycles. The molecule has 10 heteroatoms. The van der Waals surface area contributed by atoms with Gasteiger partial charge in [0.2, 0.25) is 0 Å². The van der Waals surface area contributed by atoms with E-state index in [1.54, 1.807) is 12.3 Å². The van der Waals surface area contributed by atoms with Crippen LogP contribution in [-0.2, 0) is 9.84 Å². The monoisotopic (exact) mass is 363 g/mol. The van der Waals surface area contributed by atoms with Gasteiger partial charge in [-0.2, -0.15) is 5.10 Å². The summed E-state index contributed by atoms with van der Waals surface area (Å²) in [6, 6.07) is 7.93. The lowest BCUT2D eigenvalue weighted by Gasteiger charge is -2.36. The van der Waals surface area contributed by atoms with E-state index in [4.69, 9.17) is 0 Å². The largest absolute Gasteiger partial charge is 0.368 e. The van der Waals surface area contributed by atoms with Gasteiger partial charge in [-0.25, -0.2) is 8.42 Å². The molecule has 25 heavy (non-hydrogen) atoms. The summed E-state index contributed by atoms with van der Waals surface area (Å²) in [6.07, 6.45) is 2.59. The van der Waals surface area contributed by atoms with Gasteiger partial charge >= 0.3 is 0 Å². The van der Waals surface area contributed by atoms with E-state index in [-0.39, 0.29) is 4.90 Å². The van der Waals surface area contributed by atoms with E-state index in [0.29, 0.717) is 31.9 Å². The van der Waals surface area contributed by atoms with E-state index in [9.17, 15) is 18.5 Å². The van der Waals surface area contributed by atoms with E-state index < -0.39 is 20.4 Å². The third kappa shape index (κ3) is 3.68. The van der Waals surface area contributed by atoms with Crippen LogP contribution in [-0.4, -0.2) is 56.0 Å². The highest BCUT2D eigenvalue weighted by molar-refractivity contribution is 7.90. The van der Waals surface area contributed by atoms with Crippen molar-refractivity contribution in [2.75, 3.05) is 42.2 Å². The molecule has 1 aromatic carbocycles. The highest BCUT2D eigenvalue weighted by atomic mass is 32.2. The Morgan fingerprint density at radius 2 is 1.80 bits per heavy atom. The molecule has 0 radical (unpaired) electrons. The molecule has 1 fully saturated rings. The molecule has 0 N–H and O–H groups in total. The Morgan fingerprint density at radius 1 is 1.12 bits per heavy atom. The molecule has 9 nitrogen and oxygen atoms in total. The minimum atomic E-state index is -3.69. The predicted molar refractivity (Wildman–Crippen MR) is 92.7 cm³/mol. The first-order valence-electron chi connectivity index (χ1n) is 7.62. The van der Waals surface area contributed by atoms with Gasteiger partial charge in [-0.3, -0.25) is 10.1 Å².